The van der Waals surface area contributed by atoms with E-state index >= 15 is 0 Å². The van der Waals surface area contributed by atoms with Gasteiger partial charge in [-0.05, 0) is 18.6 Å². The first-order chi connectivity index (χ1) is 8.33. The highest BCUT2D eigenvalue weighted by Crippen LogP contribution is 2.29. The summed E-state index contributed by atoms with van der Waals surface area (Å²) in [5.41, 5.74) is 4.49. The molecule has 0 saturated heterocycles. The van der Waals surface area contributed by atoms with E-state index in [1.807, 2.05) is 29.8 Å². The van der Waals surface area contributed by atoms with Crippen molar-refractivity contribution in [3.63, 3.8) is 0 Å². The molecule has 0 aliphatic carbocycles. The molecule has 0 atom stereocenters. The van der Waals surface area contributed by atoms with Gasteiger partial charge in [-0.15, -0.1) is 10.2 Å². The third-order valence-electron chi connectivity index (χ3n) is 2.56. The van der Waals surface area contributed by atoms with Crippen molar-refractivity contribution in [2.45, 2.75) is 12.1 Å². The zero-order valence-corrected chi connectivity index (χ0v) is 10.2. The zero-order chi connectivity index (χ0) is 11.7. The molecule has 5 heteroatoms. The Morgan fingerprint density at radius 1 is 1.29 bits per heavy atom. The molecule has 1 aromatic carbocycles. The first-order valence-corrected chi connectivity index (χ1v) is 6.24. The molecule has 86 valence electrons. The standard InChI is InChI=1S/C12H12N4S/c1-9-14-15-12-16(9)13-8-11(17-12)7-10-5-3-2-4-6-10/h2-7,13H,8H2,1H3. The Hall–Kier alpha value is -1.75. The highest BCUT2D eigenvalue weighted by molar-refractivity contribution is 8.03. The smallest absolute Gasteiger partial charge is 0.214 e. The van der Waals surface area contributed by atoms with Crippen molar-refractivity contribution in [1.82, 2.24) is 14.9 Å². The second-order valence-electron chi connectivity index (χ2n) is 3.82. The molecular formula is C12H12N4S. The minimum atomic E-state index is 0.811. The van der Waals surface area contributed by atoms with Crippen molar-refractivity contribution >= 4 is 17.8 Å². The molecule has 3 rings (SSSR count). The second kappa shape index (κ2) is 4.25. The molecule has 0 bridgehead atoms. The van der Waals surface area contributed by atoms with Gasteiger partial charge in [-0.2, -0.15) is 0 Å². The fraction of sp³-hybridized carbons (Fsp3) is 0.167. The van der Waals surface area contributed by atoms with Crippen LogP contribution in [0.25, 0.3) is 6.08 Å². The van der Waals surface area contributed by atoms with Crippen molar-refractivity contribution in [3.8, 4) is 0 Å². The lowest BCUT2D eigenvalue weighted by atomic mass is 10.2. The predicted molar refractivity (Wildman–Crippen MR) is 69.3 cm³/mol. The number of aryl methyl sites for hydroxylation is 1. The Kier molecular flexibility index (Phi) is 2.60. The number of rotatable bonds is 1. The SMILES string of the molecule is Cc1nnc2n1NCC(=Cc1ccccc1)S2. The average molecular weight is 244 g/mol. The van der Waals surface area contributed by atoms with Crippen molar-refractivity contribution in [2.75, 3.05) is 12.0 Å². The topological polar surface area (TPSA) is 42.7 Å². The van der Waals surface area contributed by atoms with Gasteiger partial charge in [-0.1, -0.05) is 42.1 Å². The third-order valence-corrected chi connectivity index (χ3v) is 3.53. The molecule has 0 fully saturated rings. The Morgan fingerprint density at radius 2 is 2.12 bits per heavy atom. The number of thioether (sulfide) groups is 1. The minimum absolute atomic E-state index is 0.811. The van der Waals surface area contributed by atoms with Gasteiger partial charge < -0.3 is 5.43 Å². The van der Waals surface area contributed by atoms with Crippen LogP contribution in [0.3, 0.4) is 0 Å². The number of nitrogens with zero attached hydrogens (tertiary/aromatic N) is 3. The van der Waals surface area contributed by atoms with Gasteiger partial charge in [0.2, 0.25) is 5.16 Å². The van der Waals surface area contributed by atoms with Crippen LogP contribution in [0.2, 0.25) is 0 Å². The summed E-state index contributed by atoms with van der Waals surface area (Å²) in [7, 11) is 0. The number of hydrogen-bond acceptors (Lipinski definition) is 4. The maximum Gasteiger partial charge on any atom is 0.214 e. The molecule has 0 saturated carbocycles. The molecule has 0 radical (unpaired) electrons. The van der Waals surface area contributed by atoms with Crippen LogP contribution in [0, 0.1) is 6.92 Å². The van der Waals surface area contributed by atoms with E-state index in [1.165, 1.54) is 10.5 Å². The van der Waals surface area contributed by atoms with E-state index < -0.39 is 0 Å². The first-order valence-electron chi connectivity index (χ1n) is 5.42. The van der Waals surface area contributed by atoms with Crippen LogP contribution in [0.1, 0.15) is 11.4 Å². The molecule has 17 heavy (non-hydrogen) atoms. The second-order valence-corrected chi connectivity index (χ2v) is 4.92. The molecule has 1 aromatic heterocycles. The van der Waals surface area contributed by atoms with E-state index in [0.29, 0.717) is 0 Å². The van der Waals surface area contributed by atoms with Crippen molar-refractivity contribution < 1.29 is 0 Å². The van der Waals surface area contributed by atoms with E-state index in [1.54, 1.807) is 11.8 Å². The monoisotopic (exact) mass is 244 g/mol. The van der Waals surface area contributed by atoms with E-state index in [2.05, 4.69) is 33.8 Å². The highest BCUT2D eigenvalue weighted by atomic mass is 32.2. The number of nitrogens with one attached hydrogen (secondary N) is 1. The molecule has 2 aromatic rings. The summed E-state index contributed by atoms with van der Waals surface area (Å²) >= 11 is 1.66. The molecule has 0 spiro atoms. The van der Waals surface area contributed by atoms with Gasteiger partial charge in [0.25, 0.3) is 0 Å². The van der Waals surface area contributed by atoms with Crippen LogP contribution < -0.4 is 5.43 Å². The van der Waals surface area contributed by atoms with Gasteiger partial charge >= 0.3 is 0 Å². The van der Waals surface area contributed by atoms with Crippen LogP contribution in [0.5, 0.6) is 0 Å². The number of benzene rings is 1. The predicted octanol–water partition coefficient (Wildman–Crippen LogP) is 2.28. The van der Waals surface area contributed by atoms with E-state index in [4.69, 9.17) is 0 Å². The summed E-state index contributed by atoms with van der Waals surface area (Å²) in [4.78, 5) is 1.25. The quantitative estimate of drug-likeness (QED) is 0.835. The molecular weight excluding hydrogens is 232 g/mol. The fourth-order valence-electron chi connectivity index (χ4n) is 1.72. The van der Waals surface area contributed by atoms with E-state index in [9.17, 15) is 0 Å². The zero-order valence-electron chi connectivity index (χ0n) is 9.42. The van der Waals surface area contributed by atoms with Gasteiger partial charge in [0.15, 0.2) is 0 Å². The minimum Gasteiger partial charge on any atom is -0.317 e. The number of fused-ring (bicyclic) bond motifs is 1. The fourth-order valence-corrected chi connectivity index (χ4v) is 2.65. The maximum atomic E-state index is 4.12. The lowest BCUT2D eigenvalue weighted by molar-refractivity contribution is 0.747. The molecule has 1 N–H and O–H groups in total. The molecule has 0 amide bonds. The average Bonchev–Trinajstić information content (AvgIpc) is 2.72. The van der Waals surface area contributed by atoms with E-state index in [0.717, 1.165) is 17.5 Å². The van der Waals surface area contributed by atoms with Gasteiger partial charge in [0.1, 0.15) is 5.82 Å². The Labute approximate surface area is 104 Å². The molecule has 1 aliphatic rings. The summed E-state index contributed by atoms with van der Waals surface area (Å²) in [6, 6.07) is 10.3. The molecule has 0 unspecified atom stereocenters. The Balaban J connectivity index is 1.87. The van der Waals surface area contributed by atoms with Crippen LogP contribution in [0.15, 0.2) is 40.4 Å². The maximum absolute atomic E-state index is 4.12. The highest BCUT2D eigenvalue weighted by Gasteiger charge is 2.16. The van der Waals surface area contributed by atoms with Gasteiger partial charge in [0.05, 0.1) is 6.54 Å². The summed E-state index contributed by atoms with van der Waals surface area (Å²) in [5.74, 6) is 0.895. The molecule has 4 nitrogen and oxygen atoms in total. The van der Waals surface area contributed by atoms with E-state index in [-0.39, 0.29) is 0 Å². The van der Waals surface area contributed by atoms with Crippen LogP contribution in [0.4, 0.5) is 0 Å². The lowest BCUT2D eigenvalue weighted by Crippen LogP contribution is -2.22. The van der Waals surface area contributed by atoms with Crippen molar-refractivity contribution in [2.24, 2.45) is 0 Å². The van der Waals surface area contributed by atoms with Crippen molar-refractivity contribution in [3.05, 3.63) is 46.6 Å². The number of hydrogen-bond donors (Lipinski definition) is 1. The summed E-state index contributed by atoms with van der Waals surface area (Å²) in [5, 5.41) is 9.06. The van der Waals surface area contributed by atoms with Gasteiger partial charge in [-0.3, -0.25) is 0 Å². The molecule has 1 aliphatic heterocycles. The third kappa shape index (κ3) is 2.06. The lowest BCUT2D eigenvalue weighted by Gasteiger charge is -2.18. The van der Waals surface area contributed by atoms with Crippen LogP contribution in [-0.2, 0) is 0 Å². The largest absolute Gasteiger partial charge is 0.317 e. The van der Waals surface area contributed by atoms with Crippen molar-refractivity contribution in [1.29, 1.82) is 0 Å². The summed E-state index contributed by atoms with van der Waals surface area (Å²) in [6.07, 6.45) is 2.17. The summed E-state index contributed by atoms with van der Waals surface area (Å²) in [6.45, 7) is 2.75. The van der Waals surface area contributed by atoms with Crippen LogP contribution in [-0.4, -0.2) is 21.4 Å². The summed E-state index contributed by atoms with van der Waals surface area (Å²) < 4.78 is 1.92. The normalized spacial score (nSPS) is 16.6. The van der Waals surface area contributed by atoms with Gasteiger partial charge in [-0.25, -0.2) is 4.68 Å². The Bertz CT molecular complexity index is 559. The van der Waals surface area contributed by atoms with Gasteiger partial charge in [0, 0.05) is 4.91 Å². The first kappa shape index (κ1) is 10.4. The Morgan fingerprint density at radius 3 is 2.94 bits per heavy atom. The molecule has 2 heterocycles. The number of aromatic nitrogens is 3. The van der Waals surface area contributed by atoms with Crippen LogP contribution >= 0.6 is 11.8 Å².